The maximum atomic E-state index is 10.5. The number of rotatable bonds is 4. The summed E-state index contributed by atoms with van der Waals surface area (Å²) in [6.07, 6.45) is 1.81. The fourth-order valence-corrected chi connectivity index (χ4v) is 3.95. The minimum atomic E-state index is -0.502. The van der Waals surface area contributed by atoms with E-state index in [0.29, 0.717) is 12.6 Å². The zero-order valence-corrected chi connectivity index (χ0v) is 13.0. The van der Waals surface area contributed by atoms with Gasteiger partial charge in [0.2, 0.25) is 0 Å². The van der Waals surface area contributed by atoms with E-state index < -0.39 is 5.60 Å². The highest BCUT2D eigenvalue weighted by Gasteiger charge is 2.29. The van der Waals surface area contributed by atoms with Gasteiger partial charge < -0.3 is 10.4 Å². The van der Waals surface area contributed by atoms with Crippen molar-refractivity contribution < 1.29 is 5.11 Å². The van der Waals surface area contributed by atoms with Crippen LogP contribution in [0.5, 0.6) is 0 Å². The lowest BCUT2D eigenvalue weighted by molar-refractivity contribution is 0.0300. The van der Waals surface area contributed by atoms with E-state index in [4.69, 9.17) is 0 Å². The van der Waals surface area contributed by atoms with Crippen LogP contribution in [-0.2, 0) is 0 Å². The standard InChI is InChI=1S/C16H25NOS/c1-12-4-5-15(13(2)10-12)14(3)17-11-16(18)6-8-19-9-7-16/h4-5,10,14,17-18H,6-9,11H2,1-3H3. The first kappa shape index (κ1) is 14.9. The molecule has 1 heterocycles. The molecule has 1 aromatic rings. The lowest BCUT2D eigenvalue weighted by Gasteiger charge is -2.33. The van der Waals surface area contributed by atoms with Crippen molar-refractivity contribution in [1.29, 1.82) is 0 Å². The smallest absolute Gasteiger partial charge is 0.0787 e. The summed E-state index contributed by atoms with van der Waals surface area (Å²) >= 11 is 1.94. The molecule has 0 spiro atoms. The fourth-order valence-electron chi connectivity index (χ4n) is 2.69. The zero-order chi connectivity index (χ0) is 13.9. The van der Waals surface area contributed by atoms with Crippen molar-refractivity contribution in [3.63, 3.8) is 0 Å². The van der Waals surface area contributed by atoms with Gasteiger partial charge in [0.1, 0.15) is 0 Å². The Labute approximate surface area is 121 Å². The molecule has 3 heteroatoms. The zero-order valence-electron chi connectivity index (χ0n) is 12.2. The van der Waals surface area contributed by atoms with Gasteiger partial charge in [-0.25, -0.2) is 0 Å². The van der Waals surface area contributed by atoms with E-state index >= 15 is 0 Å². The quantitative estimate of drug-likeness (QED) is 0.887. The molecule has 1 saturated heterocycles. The van der Waals surface area contributed by atoms with Gasteiger partial charge in [0.05, 0.1) is 5.60 Å². The lowest BCUT2D eigenvalue weighted by atomic mass is 9.95. The molecular weight excluding hydrogens is 254 g/mol. The predicted molar refractivity (Wildman–Crippen MR) is 83.8 cm³/mol. The number of benzene rings is 1. The minimum absolute atomic E-state index is 0.291. The molecular formula is C16H25NOS. The van der Waals surface area contributed by atoms with Crippen molar-refractivity contribution in [2.45, 2.75) is 45.3 Å². The van der Waals surface area contributed by atoms with Crippen molar-refractivity contribution >= 4 is 11.8 Å². The Balaban J connectivity index is 1.95. The van der Waals surface area contributed by atoms with Crippen LogP contribution in [0.2, 0.25) is 0 Å². The predicted octanol–water partition coefficient (Wildman–Crippen LogP) is 3.21. The van der Waals surface area contributed by atoms with Crippen molar-refractivity contribution in [1.82, 2.24) is 5.32 Å². The van der Waals surface area contributed by atoms with Crippen molar-refractivity contribution in [2.75, 3.05) is 18.1 Å². The first-order valence-electron chi connectivity index (χ1n) is 7.11. The van der Waals surface area contributed by atoms with E-state index in [1.54, 1.807) is 0 Å². The molecule has 0 aromatic heterocycles. The van der Waals surface area contributed by atoms with Crippen LogP contribution in [0.15, 0.2) is 18.2 Å². The summed E-state index contributed by atoms with van der Waals surface area (Å²) in [4.78, 5) is 0. The minimum Gasteiger partial charge on any atom is -0.389 e. The third-order valence-corrected chi connectivity index (χ3v) is 5.04. The van der Waals surface area contributed by atoms with Gasteiger partial charge in [0.25, 0.3) is 0 Å². The molecule has 1 atom stereocenters. The highest BCUT2D eigenvalue weighted by Crippen LogP contribution is 2.27. The summed E-state index contributed by atoms with van der Waals surface area (Å²) in [7, 11) is 0. The van der Waals surface area contributed by atoms with Crippen molar-refractivity contribution in [3.05, 3.63) is 34.9 Å². The van der Waals surface area contributed by atoms with Crippen LogP contribution >= 0.6 is 11.8 Å². The van der Waals surface area contributed by atoms with Crippen molar-refractivity contribution in [2.24, 2.45) is 0 Å². The average molecular weight is 279 g/mol. The number of aliphatic hydroxyl groups is 1. The Morgan fingerprint density at radius 1 is 1.32 bits per heavy atom. The van der Waals surface area contributed by atoms with Crippen molar-refractivity contribution in [3.8, 4) is 0 Å². The highest BCUT2D eigenvalue weighted by molar-refractivity contribution is 7.99. The van der Waals surface area contributed by atoms with Crippen LogP contribution in [0.25, 0.3) is 0 Å². The summed E-state index contributed by atoms with van der Waals surface area (Å²) in [5.41, 5.74) is 3.46. The molecule has 0 radical (unpaired) electrons. The Hall–Kier alpha value is -0.510. The summed E-state index contributed by atoms with van der Waals surface area (Å²) < 4.78 is 0. The summed E-state index contributed by atoms with van der Waals surface area (Å²) in [6.45, 7) is 7.16. The van der Waals surface area contributed by atoms with Gasteiger partial charge in [-0.05, 0) is 56.2 Å². The molecule has 2 N–H and O–H groups in total. The molecule has 0 amide bonds. The van der Waals surface area contributed by atoms with Gasteiger partial charge in [-0.1, -0.05) is 23.8 Å². The maximum absolute atomic E-state index is 10.5. The van der Waals surface area contributed by atoms with E-state index in [1.807, 2.05) is 11.8 Å². The average Bonchev–Trinajstić information content (AvgIpc) is 2.37. The monoisotopic (exact) mass is 279 g/mol. The molecule has 1 unspecified atom stereocenters. The molecule has 106 valence electrons. The number of hydrogen-bond donors (Lipinski definition) is 2. The molecule has 0 saturated carbocycles. The second kappa shape index (κ2) is 6.29. The Kier molecular flexibility index (Phi) is 4.93. The van der Waals surface area contributed by atoms with Crippen LogP contribution in [0.4, 0.5) is 0 Å². The molecule has 2 nitrogen and oxygen atoms in total. The molecule has 19 heavy (non-hydrogen) atoms. The van der Waals surface area contributed by atoms with E-state index in [2.05, 4.69) is 44.3 Å². The van der Waals surface area contributed by atoms with Gasteiger partial charge >= 0.3 is 0 Å². The molecule has 1 aliphatic rings. The van der Waals surface area contributed by atoms with Gasteiger partial charge in [-0.3, -0.25) is 0 Å². The summed E-state index contributed by atoms with van der Waals surface area (Å²) in [5.74, 6) is 2.16. The number of aryl methyl sites for hydroxylation is 2. The Morgan fingerprint density at radius 2 is 2.00 bits per heavy atom. The molecule has 2 rings (SSSR count). The van der Waals surface area contributed by atoms with Gasteiger partial charge in [-0.15, -0.1) is 0 Å². The summed E-state index contributed by atoms with van der Waals surface area (Å²) in [6, 6.07) is 6.87. The normalized spacial score (nSPS) is 20.2. The number of hydrogen-bond acceptors (Lipinski definition) is 3. The number of nitrogens with one attached hydrogen (secondary N) is 1. The lowest BCUT2D eigenvalue weighted by Crippen LogP contribution is -2.44. The van der Waals surface area contributed by atoms with E-state index in [0.717, 1.165) is 24.3 Å². The third-order valence-electron chi connectivity index (χ3n) is 4.05. The Bertz CT molecular complexity index is 427. The molecule has 0 bridgehead atoms. The second-order valence-corrected chi connectivity index (χ2v) is 7.02. The molecule has 1 aromatic carbocycles. The van der Waals surface area contributed by atoms with Crippen LogP contribution < -0.4 is 5.32 Å². The topological polar surface area (TPSA) is 32.3 Å². The van der Waals surface area contributed by atoms with Crippen LogP contribution in [0, 0.1) is 13.8 Å². The fraction of sp³-hybridized carbons (Fsp3) is 0.625. The molecule has 1 aliphatic heterocycles. The SMILES string of the molecule is Cc1ccc(C(C)NCC2(O)CCSCC2)c(C)c1. The van der Waals surface area contributed by atoms with Gasteiger partial charge in [0, 0.05) is 12.6 Å². The van der Waals surface area contributed by atoms with Crippen LogP contribution in [-0.4, -0.2) is 28.8 Å². The third kappa shape index (κ3) is 3.98. The molecule has 1 fully saturated rings. The van der Waals surface area contributed by atoms with Crippen LogP contribution in [0.3, 0.4) is 0 Å². The van der Waals surface area contributed by atoms with Gasteiger partial charge in [0.15, 0.2) is 0 Å². The summed E-state index contributed by atoms with van der Waals surface area (Å²) in [5, 5.41) is 14.0. The first-order chi connectivity index (χ1) is 9.00. The maximum Gasteiger partial charge on any atom is 0.0787 e. The van der Waals surface area contributed by atoms with E-state index in [9.17, 15) is 5.11 Å². The first-order valence-corrected chi connectivity index (χ1v) is 8.26. The Morgan fingerprint density at radius 3 is 2.63 bits per heavy atom. The molecule has 0 aliphatic carbocycles. The van der Waals surface area contributed by atoms with Gasteiger partial charge in [-0.2, -0.15) is 11.8 Å². The largest absolute Gasteiger partial charge is 0.389 e. The highest BCUT2D eigenvalue weighted by atomic mass is 32.2. The second-order valence-electron chi connectivity index (χ2n) is 5.80. The number of thioether (sulfide) groups is 1. The van der Waals surface area contributed by atoms with Crippen LogP contribution in [0.1, 0.15) is 42.5 Å². The van der Waals surface area contributed by atoms with E-state index in [-0.39, 0.29) is 0 Å². The van der Waals surface area contributed by atoms with E-state index in [1.165, 1.54) is 16.7 Å².